The van der Waals surface area contributed by atoms with Crippen LogP contribution in [0.15, 0.2) is 33.5 Å². The molecule has 1 aliphatic rings. The molecular formula is C18H19N5O5. The molecule has 1 aromatic heterocycles. The number of rotatable bonds is 5. The van der Waals surface area contributed by atoms with E-state index in [2.05, 4.69) is 10.6 Å². The van der Waals surface area contributed by atoms with Crippen LogP contribution in [0.5, 0.6) is 0 Å². The number of anilines is 2. The third-order valence-corrected chi connectivity index (χ3v) is 4.51. The van der Waals surface area contributed by atoms with Gasteiger partial charge in [0.25, 0.3) is 11.2 Å². The van der Waals surface area contributed by atoms with Crippen LogP contribution in [0.25, 0.3) is 6.08 Å². The molecule has 146 valence electrons. The molecule has 0 spiro atoms. The molecule has 0 radical (unpaired) electrons. The molecule has 2 aromatic rings. The highest BCUT2D eigenvalue weighted by Gasteiger charge is 2.32. The van der Waals surface area contributed by atoms with Crippen molar-refractivity contribution in [2.75, 3.05) is 17.7 Å². The first-order valence-corrected chi connectivity index (χ1v) is 8.63. The van der Waals surface area contributed by atoms with Gasteiger partial charge in [0.15, 0.2) is 0 Å². The highest BCUT2D eigenvalue weighted by molar-refractivity contribution is 6.19. The lowest BCUT2D eigenvalue weighted by atomic mass is 10.1. The lowest BCUT2D eigenvalue weighted by Crippen LogP contribution is -2.40. The van der Waals surface area contributed by atoms with Gasteiger partial charge in [-0.2, -0.15) is 0 Å². The normalized spacial score (nSPS) is 14.1. The minimum absolute atomic E-state index is 0.0778. The molecule has 0 saturated heterocycles. The number of nitrogens with zero attached hydrogens (tertiary/aromatic N) is 3. The van der Waals surface area contributed by atoms with E-state index in [-0.39, 0.29) is 22.8 Å². The van der Waals surface area contributed by atoms with E-state index >= 15 is 0 Å². The number of Topliss-reactive ketones (excluding diaryl/α,β-unsaturated/α-hetero) is 1. The van der Waals surface area contributed by atoms with E-state index in [0.29, 0.717) is 24.2 Å². The van der Waals surface area contributed by atoms with E-state index in [1.807, 2.05) is 6.92 Å². The van der Waals surface area contributed by atoms with Crippen LogP contribution in [-0.2, 0) is 13.6 Å². The fraction of sp³-hybridized carbons (Fsp3) is 0.278. The molecule has 0 aliphatic carbocycles. The van der Waals surface area contributed by atoms with Gasteiger partial charge in [-0.15, -0.1) is 0 Å². The van der Waals surface area contributed by atoms with E-state index < -0.39 is 22.0 Å². The zero-order valence-corrected chi connectivity index (χ0v) is 15.6. The first-order valence-electron chi connectivity index (χ1n) is 8.63. The number of nitrogens with one attached hydrogen (secondary N) is 2. The van der Waals surface area contributed by atoms with Crippen LogP contribution in [0.2, 0.25) is 0 Å². The number of allylic oxidation sites excluding steroid dienone is 1. The summed E-state index contributed by atoms with van der Waals surface area (Å²) in [5.74, 6) is -0.395. The zero-order valence-electron chi connectivity index (χ0n) is 15.6. The zero-order chi connectivity index (χ0) is 20.6. The van der Waals surface area contributed by atoms with Gasteiger partial charge in [0.05, 0.1) is 10.6 Å². The molecule has 10 nitrogen and oxygen atoms in total. The Kier molecular flexibility index (Phi) is 4.87. The van der Waals surface area contributed by atoms with E-state index in [1.165, 1.54) is 29.8 Å². The van der Waals surface area contributed by atoms with Crippen LogP contribution in [0.4, 0.5) is 17.2 Å². The summed E-state index contributed by atoms with van der Waals surface area (Å²) in [6, 6.07) is 4.47. The highest BCUT2D eigenvalue weighted by Crippen LogP contribution is 2.29. The Morgan fingerprint density at radius 1 is 1.29 bits per heavy atom. The van der Waals surface area contributed by atoms with Crippen molar-refractivity contribution in [3.05, 3.63) is 66.0 Å². The molecule has 2 N–H and O–H groups in total. The molecule has 28 heavy (non-hydrogen) atoms. The van der Waals surface area contributed by atoms with Crippen LogP contribution in [0, 0.1) is 10.1 Å². The average molecular weight is 385 g/mol. The number of aromatic nitrogens is 2. The maximum Gasteiger partial charge on any atom is 0.332 e. The van der Waals surface area contributed by atoms with Gasteiger partial charge in [-0.1, -0.05) is 13.0 Å². The number of nitro groups is 1. The lowest BCUT2D eigenvalue weighted by molar-refractivity contribution is -0.383. The van der Waals surface area contributed by atoms with Crippen molar-refractivity contribution in [3.8, 4) is 0 Å². The molecule has 1 aromatic carbocycles. The first kappa shape index (κ1) is 19.1. The standard InChI is InChI=1S/C18H19N5O5/c1-4-7-22-16-14(17(25)21(3)18(22)26)15(24)12(20-16)8-10-5-6-11(19-2)13(9-10)23(27)28/h5-6,8-9,19-20H,4,7H2,1-3H3/b12-8-. The second kappa shape index (κ2) is 7.14. The predicted molar refractivity (Wildman–Crippen MR) is 105 cm³/mol. The minimum Gasteiger partial charge on any atom is -0.383 e. The Balaban J connectivity index is 2.13. The van der Waals surface area contributed by atoms with Crippen LogP contribution in [-0.4, -0.2) is 26.9 Å². The quantitative estimate of drug-likeness (QED) is 0.454. The van der Waals surface area contributed by atoms with Crippen LogP contribution < -0.4 is 21.9 Å². The summed E-state index contributed by atoms with van der Waals surface area (Å²) < 4.78 is 2.26. The Morgan fingerprint density at radius 2 is 2.00 bits per heavy atom. The molecule has 0 unspecified atom stereocenters. The lowest BCUT2D eigenvalue weighted by Gasteiger charge is -2.11. The Bertz CT molecular complexity index is 1140. The number of fused-ring (bicyclic) bond motifs is 1. The van der Waals surface area contributed by atoms with Crippen molar-refractivity contribution in [3.63, 3.8) is 0 Å². The number of benzene rings is 1. The molecule has 2 heterocycles. The molecular weight excluding hydrogens is 366 g/mol. The van der Waals surface area contributed by atoms with E-state index in [0.717, 1.165) is 4.57 Å². The number of hydrogen-bond acceptors (Lipinski definition) is 7. The third-order valence-electron chi connectivity index (χ3n) is 4.51. The predicted octanol–water partition coefficient (Wildman–Crippen LogP) is 1.56. The number of ketones is 1. The molecule has 10 heteroatoms. The molecule has 0 saturated carbocycles. The minimum atomic E-state index is -0.676. The average Bonchev–Trinajstić information content (AvgIpc) is 2.99. The van der Waals surface area contributed by atoms with Gasteiger partial charge < -0.3 is 10.6 Å². The van der Waals surface area contributed by atoms with Gasteiger partial charge in [0.1, 0.15) is 17.1 Å². The van der Waals surface area contributed by atoms with Gasteiger partial charge in [0.2, 0.25) is 5.78 Å². The smallest absolute Gasteiger partial charge is 0.332 e. The SMILES string of the molecule is CCCn1c2c(c(=O)n(C)c1=O)C(=O)/C(=C/c1ccc(NC)c([N+](=O)[O-])c1)N2. The van der Waals surface area contributed by atoms with Crippen molar-refractivity contribution in [1.29, 1.82) is 0 Å². The highest BCUT2D eigenvalue weighted by atomic mass is 16.6. The molecule has 0 atom stereocenters. The molecule has 1 aliphatic heterocycles. The second-order valence-corrected chi connectivity index (χ2v) is 6.32. The molecule has 3 rings (SSSR count). The Hall–Kier alpha value is -3.69. The first-order chi connectivity index (χ1) is 13.3. The van der Waals surface area contributed by atoms with Crippen molar-refractivity contribution >= 4 is 29.1 Å². The number of hydrogen-bond donors (Lipinski definition) is 2. The van der Waals surface area contributed by atoms with E-state index in [1.54, 1.807) is 13.1 Å². The maximum atomic E-state index is 12.8. The van der Waals surface area contributed by atoms with Gasteiger partial charge in [-0.3, -0.25) is 28.8 Å². The summed E-state index contributed by atoms with van der Waals surface area (Å²) in [7, 11) is 2.90. The van der Waals surface area contributed by atoms with Gasteiger partial charge in [0, 0.05) is 26.7 Å². The van der Waals surface area contributed by atoms with Crippen LogP contribution >= 0.6 is 0 Å². The molecule has 0 amide bonds. The Morgan fingerprint density at radius 3 is 2.61 bits per heavy atom. The van der Waals surface area contributed by atoms with Crippen molar-refractivity contribution in [2.45, 2.75) is 19.9 Å². The topological polar surface area (TPSA) is 128 Å². The number of carbonyl (C=O) groups is 1. The second-order valence-electron chi connectivity index (χ2n) is 6.32. The van der Waals surface area contributed by atoms with Crippen LogP contribution in [0.3, 0.4) is 0 Å². The van der Waals surface area contributed by atoms with Crippen LogP contribution in [0.1, 0.15) is 29.3 Å². The summed E-state index contributed by atoms with van der Waals surface area (Å²) in [6.07, 6.45) is 2.06. The van der Waals surface area contributed by atoms with Gasteiger partial charge >= 0.3 is 5.69 Å². The maximum absolute atomic E-state index is 12.8. The van der Waals surface area contributed by atoms with E-state index in [4.69, 9.17) is 0 Å². The summed E-state index contributed by atoms with van der Waals surface area (Å²) in [6.45, 7) is 2.21. The third kappa shape index (κ3) is 2.98. The van der Waals surface area contributed by atoms with Crippen molar-refractivity contribution in [1.82, 2.24) is 9.13 Å². The summed E-state index contributed by atoms with van der Waals surface area (Å²) in [5.41, 5.74) is -0.607. The summed E-state index contributed by atoms with van der Waals surface area (Å²) in [4.78, 5) is 48.3. The molecule has 0 fully saturated rings. The van der Waals surface area contributed by atoms with Gasteiger partial charge in [-0.05, 0) is 24.1 Å². The Labute approximate surface area is 159 Å². The number of nitro benzene ring substituents is 1. The largest absolute Gasteiger partial charge is 0.383 e. The van der Waals surface area contributed by atoms with Crippen molar-refractivity contribution in [2.24, 2.45) is 7.05 Å². The van der Waals surface area contributed by atoms with Gasteiger partial charge in [-0.25, -0.2) is 4.79 Å². The summed E-state index contributed by atoms with van der Waals surface area (Å²) >= 11 is 0. The summed E-state index contributed by atoms with van der Waals surface area (Å²) in [5, 5.41) is 16.8. The number of carbonyl (C=O) groups excluding carboxylic acids is 1. The molecule has 0 bridgehead atoms. The monoisotopic (exact) mass is 385 g/mol. The van der Waals surface area contributed by atoms with E-state index in [9.17, 15) is 24.5 Å². The fourth-order valence-electron chi connectivity index (χ4n) is 3.12. The fourth-order valence-corrected chi connectivity index (χ4v) is 3.12. The van der Waals surface area contributed by atoms with Crippen molar-refractivity contribution < 1.29 is 9.72 Å².